The molecule has 3 rings (SSSR count). The lowest BCUT2D eigenvalue weighted by Gasteiger charge is -2.25. The minimum atomic E-state index is -0.785. The van der Waals surface area contributed by atoms with Crippen LogP contribution in [-0.2, 0) is 4.74 Å². The summed E-state index contributed by atoms with van der Waals surface area (Å²) in [5, 5.41) is 3.71. The Balaban J connectivity index is 1.87. The number of benzene rings is 1. The summed E-state index contributed by atoms with van der Waals surface area (Å²) in [6.45, 7) is 3.57. The van der Waals surface area contributed by atoms with Gasteiger partial charge in [-0.2, -0.15) is 0 Å². The number of rotatable bonds is 2. The van der Waals surface area contributed by atoms with Gasteiger partial charge in [0.2, 0.25) is 5.60 Å². The van der Waals surface area contributed by atoms with E-state index in [2.05, 4.69) is 10.3 Å². The summed E-state index contributed by atoms with van der Waals surface area (Å²) < 4.78 is 5.91. The van der Waals surface area contributed by atoms with Gasteiger partial charge in [0.15, 0.2) is 5.84 Å². The number of anilines is 1. The van der Waals surface area contributed by atoms with Crippen LogP contribution >= 0.6 is 24.4 Å². The van der Waals surface area contributed by atoms with Gasteiger partial charge in [-0.05, 0) is 44.1 Å². The van der Waals surface area contributed by atoms with Crippen molar-refractivity contribution in [3.05, 3.63) is 30.3 Å². The first kappa shape index (κ1) is 14.4. The lowest BCUT2D eigenvalue weighted by molar-refractivity contribution is 0.238. The largest absolute Gasteiger partial charge is 0.449 e. The van der Waals surface area contributed by atoms with Crippen LogP contribution in [0.25, 0.3) is 0 Å². The smallest absolute Gasteiger partial charge is 0.266 e. The van der Waals surface area contributed by atoms with Crippen LogP contribution in [-0.4, -0.2) is 39.6 Å². The molecule has 1 N–H and O–H groups in total. The predicted molar refractivity (Wildman–Crippen MR) is 93.0 cm³/mol. The van der Waals surface area contributed by atoms with Gasteiger partial charge in [0.1, 0.15) is 4.99 Å². The molecule has 1 aromatic rings. The Morgan fingerprint density at radius 3 is 2.86 bits per heavy atom. The number of nitrogens with zero attached hydrogens (tertiary/aromatic N) is 2. The van der Waals surface area contributed by atoms with Crippen LogP contribution in [0.5, 0.6) is 0 Å². The van der Waals surface area contributed by atoms with Crippen molar-refractivity contribution in [3.8, 4) is 0 Å². The lowest BCUT2D eigenvalue weighted by Crippen LogP contribution is -2.47. The monoisotopic (exact) mass is 319 g/mol. The van der Waals surface area contributed by atoms with Gasteiger partial charge in [-0.15, -0.1) is 0 Å². The molecule has 0 amide bonds. The number of ether oxygens (including phenoxy) is 1. The minimum Gasteiger partial charge on any atom is -0.449 e. The number of nitrogens with one attached hydrogen (secondary N) is 1. The Kier molecular flexibility index (Phi) is 3.91. The van der Waals surface area contributed by atoms with Crippen molar-refractivity contribution < 1.29 is 4.74 Å². The maximum Gasteiger partial charge on any atom is 0.266 e. The predicted octanol–water partition coefficient (Wildman–Crippen LogP) is 2.99. The van der Waals surface area contributed by atoms with E-state index in [0.717, 1.165) is 37.5 Å². The van der Waals surface area contributed by atoms with Gasteiger partial charge in [0.25, 0.3) is 5.17 Å². The highest BCUT2D eigenvalue weighted by Crippen LogP contribution is 2.30. The maximum absolute atomic E-state index is 5.91. The molecule has 4 nitrogen and oxygen atoms in total. The number of amidine groups is 1. The highest BCUT2D eigenvalue weighted by molar-refractivity contribution is 7.81. The summed E-state index contributed by atoms with van der Waals surface area (Å²) in [4.78, 5) is 7.21. The molecule has 1 saturated heterocycles. The van der Waals surface area contributed by atoms with E-state index in [1.165, 1.54) is 0 Å². The van der Waals surface area contributed by atoms with Crippen molar-refractivity contribution in [2.45, 2.75) is 25.4 Å². The molecule has 21 heavy (non-hydrogen) atoms. The summed E-state index contributed by atoms with van der Waals surface area (Å²) in [5.74, 6) is 0.832. The first-order valence-corrected chi connectivity index (χ1v) is 7.85. The van der Waals surface area contributed by atoms with Gasteiger partial charge >= 0.3 is 0 Å². The van der Waals surface area contributed by atoms with E-state index in [0.29, 0.717) is 10.2 Å². The number of fused-ring (bicyclic) bond motifs is 1. The Bertz CT molecular complexity index is 602. The van der Waals surface area contributed by atoms with Crippen molar-refractivity contribution >= 4 is 46.1 Å². The third-order valence-electron chi connectivity index (χ3n) is 3.71. The average molecular weight is 319 g/mol. The van der Waals surface area contributed by atoms with E-state index in [1.807, 2.05) is 42.2 Å². The van der Waals surface area contributed by atoms with E-state index in [-0.39, 0.29) is 0 Å². The zero-order valence-electron chi connectivity index (χ0n) is 11.8. The maximum atomic E-state index is 5.91. The van der Waals surface area contributed by atoms with Crippen LogP contribution < -0.4 is 5.32 Å². The molecule has 2 aliphatic heterocycles. The Hall–Kier alpha value is -1.53. The summed E-state index contributed by atoms with van der Waals surface area (Å²) >= 11 is 10.9. The van der Waals surface area contributed by atoms with Gasteiger partial charge in [-0.1, -0.05) is 30.4 Å². The molecule has 0 aliphatic carbocycles. The molecule has 2 aliphatic rings. The molecule has 0 saturated carbocycles. The first-order valence-electron chi connectivity index (χ1n) is 7.03. The highest BCUT2D eigenvalue weighted by Gasteiger charge is 2.49. The fourth-order valence-electron chi connectivity index (χ4n) is 2.54. The van der Waals surface area contributed by atoms with Crippen molar-refractivity contribution in [1.29, 1.82) is 0 Å². The summed E-state index contributed by atoms with van der Waals surface area (Å²) in [6.07, 6.45) is 2.13. The van der Waals surface area contributed by atoms with E-state index in [1.54, 1.807) is 0 Å². The van der Waals surface area contributed by atoms with Crippen molar-refractivity contribution in [2.24, 2.45) is 4.99 Å². The second-order valence-electron chi connectivity index (χ2n) is 5.29. The number of para-hydroxylation sites is 1. The molecule has 0 bridgehead atoms. The molecular formula is C15H17N3OS2. The van der Waals surface area contributed by atoms with Crippen LogP contribution in [0.4, 0.5) is 5.69 Å². The number of aliphatic imine (C=N–C) groups is 1. The Morgan fingerprint density at radius 1 is 1.33 bits per heavy atom. The van der Waals surface area contributed by atoms with E-state index in [4.69, 9.17) is 29.2 Å². The topological polar surface area (TPSA) is 36.9 Å². The summed E-state index contributed by atoms with van der Waals surface area (Å²) in [7, 11) is 0. The molecule has 1 atom stereocenters. The molecule has 1 fully saturated rings. The molecule has 0 radical (unpaired) electrons. The van der Waals surface area contributed by atoms with Crippen molar-refractivity contribution in [1.82, 2.24) is 4.90 Å². The van der Waals surface area contributed by atoms with E-state index in [9.17, 15) is 0 Å². The standard InChI is InChI=1S/C15H17N3OS2/c1-15(13(20)17-11-7-3-2-4-8-11)12-16-9-5-6-10-18(12)14(21)19-15/h2-4,7-8H,5-6,9-10H2,1H3,(H,17,20). The summed E-state index contributed by atoms with van der Waals surface area (Å²) in [5.41, 5.74) is 0.151. The highest BCUT2D eigenvalue weighted by atomic mass is 32.1. The lowest BCUT2D eigenvalue weighted by atomic mass is 10.0. The van der Waals surface area contributed by atoms with Crippen LogP contribution in [0.3, 0.4) is 0 Å². The first-order chi connectivity index (χ1) is 10.1. The zero-order chi connectivity index (χ0) is 14.9. The van der Waals surface area contributed by atoms with Crippen LogP contribution in [0, 0.1) is 0 Å². The second-order valence-corrected chi connectivity index (χ2v) is 6.04. The van der Waals surface area contributed by atoms with Crippen LogP contribution in [0.2, 0.25) is 0 Å². The second kappa shape index (κ2) is 5.69. The van der Waals surface area contributed by atoms with Crippen LogP contribution in [0.1, 0.15) is 19.8 Å². The molecule has 1 aromatic carbocycles. The van der Waals surface area contributed by atoms with Gasteiger partial charge in [-0.3, -0.25) is 9.89 Å². The normalized spacial score (nSPS) is 24.7. The third-order valence-corrected chi connectivity index (χ3v) is 4.51. The third kappa shape index (κ3) is 2.65. The Labute approximate surface area is 135 Å². The number of thiocarbonyl (C=S) groups is 2. The van der Waals surface area contributed by atoms with Gasteiger partial charge in [0, 0.05) is 18.8 Å². The van der Waals surface area contributed by atoms with Crippen molar-refractivity contribution in [3.63, 3.8) is 0 Å². The molecule has 2 heterocycles. The van der Waals surface area contributed by atoms with Gasteiger partial charge in [-0.25, -0.2) is 0 Å². The fourth-order valence-corrected chi connectivity index (χ4v) is 3.13. The minimum absolute atomic E-state index is 0.468. The van der Waals surface area contributed by atoms with Crippen LogP contribution in [0.15, 0.2) is 35.3 Å². The number of hydrogen-bond acceptors (Lipinski definition) is 4. The zero-order valence-corrected chi connectivity index (χ0v) is 13.5. The molecule has 6 heteroatoms. The molecular weight excluding hydrogens is 302 g/mol. The molecule has 110 valence electrons. The molecule has 0 spiro atoms. The summed E-state index contributed by atoms with van der Waals surface area (Å²) in [6, 6.07) is 9.82. The van der Waals surface area contributed by atoms with Crippen molar-refractivity contribution in [2.75, 3.05) is 18.4 Å². The van der Waals surface area contributed by atoms with Gasteiger partial charge < -0.3 is 10.1 Å². The molecule has 1 unspecified atom stereocenters. The fraction of sp³-hybridized carbons (Fsp3) is 0.400. The average Bonchev–Trinajstić information content (AvgIpc) is 2.66. The quantitative estimate of drug-likeness (QED) is 0.848. The SMILES string of the molecule is CC1(C(=S)Nc2ccccc2)OC(=S)N2CCCCN=C21. The molecule has 0 aromatic heterocycles. The van der Waals surface area contributed by atoms with Gasteiger partial charge in [0.05, 0.1) is 0 Å². The number of hydrogen-bond donors (Lipinski definition) is 1. The van der Waals surface area contributed by atoms with E-state index >= 15 is 0 Å². The Morgan fingerprint density at radius 2 is 2.10 bits per heavy atom. The van der Waals surface area contributed by atoms with E-state index < -0.39 is 5.60 Å².